The summed E-state index contributed by atoms with van der Waals surface area (Å²) < 4.78 is 15.4. The van der Waals surface area contributed by atoms with Gasteiger partial charge in [0.25, 0.3) is 0 Å². The van der Waals surface area contributed by atoms with Crippen molar-refractivity contribution in [1.29, 1.82) is 0 Å². The molecule has 1 rings (SSSR count). The molecule has 1 saturated heterocycles. The first kappa shape index (κ1) is 13.4. The Bertz CT molecular complexity index is 222. The molecule has 5 heteroatoms. The first-order valence-electron chi connectivity index (χ1n) is 5.59. The maximum atomic E-state index is 11.1. The fourth-order valence-electron chi connectivity index (χ4n) is 1.78. The lowest BCUT2D eigenvalue weighted by molar-refractivity contribution is -0.145. The topological polar surface area (TPSA) is 48.0 Å². The van der Waals surface area contributed by atoms with E-state index < -0.39 is 0 Å². The number of carbonyl (C=O) groups is 1. The molecule has 1 fully saturated rings. The average Bonchev–Trinajstić information content (AvgIpc) is 2.29. The Kier molecular flexibility index (Phi) is 5.73. The van der Waals surface area contributed by atoms with E-state index in [2.05, 4.69) is 9.64 Å². The molecule has 16 heavy (non-hydrogen) atoms. The molecule has 0 radical (unpaired) electrons. The van der Waals surface area contributed by atoms with Gasteiger partial charge in [0.05, 0.1) is 32.3 Å². The smallest absolute Gasteiger partial charge is 0.308 e. The summed E-state index contributed by atoms with van der Waals surface area (Å²) in [6.45, 7) is 5.23. The Labute approximate surface area is 96.6 Å². The maximum absolute atomic E-state index is 11.1. The van der Waals surface area contributed by atoms with Gasteiger partial charge in [0.2, 0.25) is 0 Å². The van der Waals surface area contributed by atoms with Crippen molar-refractivity contribution in [3.8, 4) is 0 Å². The van der Waals surface area contributed by atoms with E-state index in [0.29, 0.717) is 13.0 Å². The van der Waals surface area contributed by atoms with Crippen molar-refractivity contribution in [1.82, 2.24) is 4.90 Å². The summed E-state index contributed by atoms with van der Waals surface area (Å²) in [5, 5.41) is 0. The summed E-state index contributed by atoms with van der Waals surface area (Å²) in [6, 6.07) is 0. The van der Waals surface area contributed by atoms with Gasteiger partial charge in [-0.25, -0.2) is 0 Å². The zero-order chi connectivity index (χ0) is 12.0. The highest BCUT2D eigenvalue weighted by atomic mass is 16.5. The molecule has 0 aromatic rings. The predicted molar refractivity (Wildman–Crippen MR) is 59.3 cm³/mol. The fourth-order valence-corrected chi connectivity index (χ4v) is 1.78. The largest absolute Gasteiger partial charge is 0.469 e. The number of methoxy groups -OCH3 is 2. The van der Waals surface area contributed by atoms with Gasteiger partial charge < -0.3 is 14.2 Å². The quantitative estimate of drug-likeness (QED) is 0.636. The van der Waals surface area contributed by atoms with Crippen LogP contribution in [-0.2, 0) is 19.0 Å². The van der Waals surface area contributed by atoms with Crippen molar-refractivity contribution in [3.05, 3.63) is 0 Å². The van der Waals surface area contributed by atoms with Crippen LogP contribution in [0.3, 0.4) is 0 Å². The SMILES string of the molecule is COC(=O)CC1CN(CC(C)OC)CCO1. The van der Waals surface area contributed by atoms with Gasteiger partial charge in [-0.3, -0.25) is 9.69 Å². The van der Waals surface area contributed by atoms with Gasteiger partial charge in [-0.05, 0) is 6.92 Å². The van der Waals surface area contributed by atoms with Gasteiger partial charge in [-0.2, -0.15) is 0 Å². The van der Waals surface area contributed by atoms with Crippen LogP contribution in [0.25, 0.3) is 0 Å². The third-order valence-corrected chi connectivity index (χ3v) is 2.76. The number of ether oxygens (including phenoxy) is 3. The zero-order valence-corrected chi connectivity index (χ0v) is 10.3. The van der Waals surface area contributed by atoms with E-state index in [4.69, 9.17) is 9.47 Å². The number of rotatable bonds is 5. The molecule has 0 aromatic carbocycles. The first-order chi connectivity index (χ1) is 7.65. The molecule has 1 heterocycles. The molecule has 0 amide bonds. The van der Waals surface area contributed by atoms with E-state index in [1.165, 1.54) is 7.11 Å². The zero-order valence-electron chi connectivity index (χ0n) is 10.3. The van der Waals surface area contributed by atoms with Crippen LogP contribution in [0, 0.1) is 0 Å². The van der Waals surface area contributed by atoms with Crippen LogP contribution in [0.15, 0.2) is 0 Å². The van der Waals surface area contributed by atoms with Crippen LogP contribution in [0.1, 0.15) is 13.3 Å². The Morgan fingerprint density at radius 2 is 2.31 bits per heavy atom. The summed E-state index contributed by atoms with van der Waals surface area (Å²) in [7, 11) is 3.10. The Morgan fingerprint density at radius 3 is 2.94 bits per heavy atom. The molecule has 0 aromatic heterocycles. The minimum absolute atomic E-state index is 0.0507. The van der Waals surface area contributed by atoms with Gasteiger partial charge in [0, 0.05) is 26.7 Å². The van der Waals surface area contributed by atoms with Gasteiger partial charge in [-0.15, -0.1) is 0 Å². The molecule has 0 N–H and O–H groups in total. The number of esters is 1. The molecule has 1 aliphatic heterocycles. The third-order valence-electron chi connectivity index (χ3n) is 2.76. The first-order valence-corrected chi connectivity index (χ1v) is 5.59. The summed E-state index contributed by atoms with van der Waals surface area (Å²) >= 11 is 0. The van der Waals surface area contributed by atoms with Crippen molar-refractivity contribution >= 4 is 5.97 Å². The van der Waals surface area contributed by atoms with E-state index in [9.17, 15) is 4.79 Å². The Morgan fingerprint density at radius 1 is 1.56 bits per heavy atom. The molecular formula is C11H21NO4. The van der Waals surface area contributed by atoms with Crippen LogP contribution in [0.2, 0.25) is 0 Å². The molecule has 1 aliphatic rings. The van der Waals surface area contributed by atoms with Crippen LogP contribution >= 0.6 is 0 Å². The molecule has 2 atom stereocenters. The Hall–Kier alpha value is -0.650. The van der Waals surface area contributed by atoms with Gasteiger partial charge in [0.1, 0.15) is 0 Å². The third kappa shape index (κ3) is 4.47. The normalized spacial score (nSPS) is 24.1. The van der Waals surface area contributed by atoms with Crippen molar-refractivity contribution in [2.75, 3.05) is 40.5 Å². The van der Waals surface area contributed by atoms with Crippen molar-refractivity contribution in [3.63, 3.8) is 0 Å². The lowest BCUT2D eigenvalue weighted by Gasteiger charge is -2.33. The second-order valence-corrected chi connectivity index (χ2v) is 4.08. The number of nitrogens with zero attached hydrogens (tertiary/aromatic N) is 1. The number of morpholine rings is 1. The van der Waals surface area contributed by atoms with Crippen LogP contribution in [0.5, 0.6) is 0 Å². The molecule has 2 unspecified atom stereocenters. The highest BCUT2D eigenvalue weighted by molar-refractivity contribution is 5.69. The monoisotopic (exact) mass is 231 g/mol. The number of hydrogen-bond donors (Lipinski definition) is 0. The fraction of sp³-hybridized carbons (Fsp3) is 0.909. The van der Waals surface area contributed by atoms with Gasteiger partial charge in [-0.1, -0.05) is 0 Å². The molecule has 0 aliphatic carbocycles. The Balaban J connectivity index is 2.32. The van der Waals surface area contributed by atoms with E-state index in [-0.39, 0.29) is 18.2 Å². The molecule has 0 spiro atoms. The number of hydrogen-bond acceptors (Lipinski definition) is 5. The summed E-state index contributed by atoms with van der Waals surface area (Å²) in [5.41, 5.74) is 0. The summed E-state index contributed by atoms with van der Waals surface area (Å²) in [6.07, 6.45) is 0.482. The highest BCUT2D eigenvalue weighted by Gasteiger charge is 2.23. The lowest BCUT2D eigenvalue weighted by Crippen LogP contribution is -2.46. The lowest BCUT2D eigenvalue weighted by atomic mass is 10.2. The minimum atomic E-state index is -0.216. The van der Waals surface area contributed by atoms with E-state index in [0.717, 1.165) is 19.6 Å². The van der Waals surface area contributed by atoms with Gasteiger partial charge >= 0.3 is 5.97 Å². The minimum Gasteiger partial charge on any atom is -0.469 e. The van der Waals surface area contributed by atoms with Crippen molar-refractivity contribution in [2.24, 2.45) is 0 Å². The standard InChI is InChI=1S/C11H21NO4/c1-9(14-2)7-12-4-5-16-10(8-12)6-11(13)15-3/h9-10H,4-8H2,1-3H3. The van der Waals surface area contributed by atoms with E-state index in [1.807, 2.05) is 6.92 Å². The number of carbonyl (C=O) groups excluding carboxylic acids is 1. The van der Waals surface area contributed by atoms with E-state index >= 15 is 0 Å². The molecule has 0 bridgehead atoms. The average molecular weight is 231 g/mol. The summed E-state index contributed by atoms with van der Waals surface area (Å²) in [5.74, 6) is -0.216. The predicted octanol–water partition coefficient (Wildman–Crippen LogP) is 0.285. The molecule has 94 valence electrons. The van der Waals surface area contributed by atoms with E-state index in [1.54, 1.807) is 7.11 Å². The van der Waals surface area contributed by atoms with Crippen LogP contribution in [0.4, 0.5) is 0 Å². The van der Waals surface area contributed by atoms with Crippen molar-refractivity contribution in [2.45, 2.75) is 25.6 Å². The van der Waals surface area contributed by atoms with Crippen LogP contribution < -0.4 is 0 Å². The molecular weight excluding hydrogens is 210 g/mol. The van der Waals surface area contributed by atoms with Crippen molar-refractivity contribution < 1.29 is 19.0 Å². The van der Waals surface area contributed by atoms with Crippen LogP contribution in [-0.4, -0.2) is 63.5 Å². The second-order valence-electron chi connectivity index (χ2n) is 4.08. The molecule has 0 saturated carbocycles. The van der Waals surface area contributed by atoms with Gasteiger partial charge in [0.15, 0.2) is 0 Å². The highest BCUT2D eigenvalue weighted by Crippen LogP contribution is 2.10. The second kappa shape index (κ2) is 6.83. The summed E-state index contributed by atoms with van der Waals surface area (Å²) in [4.78, 5) is 13.4. The maximum Gasteiger partial charge on any atom is 0.308 e. The molecule has 5 nitrogen and oxygen atoms in total.